The molecule has 2 atom stereocenters. The number of benzene rings is 1. The van der Waals surface area contributed by atoms with E-state index in [0.717, 1.165) is 27.2 Å². The fourth-order valence-electron chi connectivity index (χ4n) is 2.07. The van der Waals surface area contributed by atoms with Crippen LogP contribution < -0.4 is 5.32 Å². The van der Waals surface area contributed by atoms with Crippen LogP contribution in [-0.2, 0) is 4.79 Å². The molecule has 3 nitrogen and oxygen atoms in total. The maximum Gasteiger partial charge on any atom is 0.228 e. The van der Waals surface area contributed by atoms with E-state index in [4.69, 9.17) is 23.2 Å². The Hall–Kier alpha value is -0.620. The minimum atomic E-state index is 0.0625. The first-order valence-corrected chi connectivity index (χ1v) is 8.71. The van der Waals surface area contributed by atoms with Gasteiger partial charge in [0.15, 0.2) is 0 Å². The fraction of sp³-hybridized carbons (Fsp3) is 0.286. The number of aromatic nitrogens is 1. The van der Waals surface area contributed by atoms with Gasteiger partial charge in [0, 0.05) is 11.5 Å². The number of nitrogens with one attached hydrogen (secondary N) is 1. The summed E-state index contributed by atoms with van der Waals surface area (Å²) in [5.41, 5.74) is 1.60. The summed E-state index contributed by atoms with van der Waals surface area (Å²) in [6, 6.07) is 5.34. The highest BCUT2D eigenvalue weighted by molar-refractivity contribution is 9.10. The average Bonchev–Trinajstić information content (AvgIpc) is 3.08. The molecule has 2 unspecified atom stereocenters. The van der Waals surface area contributed by atoms with Gasteiger partial charge in [-0.15, -0.1) is 0 Å². The maximum absolute atomic E-state index is 12.0. The number of amides is 1. The van der Waals surface area contributed by atoms with Crippen LogP contribution in [0.3, 0.4) is 0 Å². The summed E-state index contributed by atoms with van der Waals surface area (Å²) in [7, 11) is 0. The second-order valence-electron chi connectivity index (χ2n) is 5.11. The minimum absolute atomic E-state index is 0.0625. The predicted molar refractivity (Wildman–Crippen MR) is 91.2 cm³/mol. The van der Waals surface area contributed by atoms with E-state index < -0.39 is 0 Å². The van der Waals surface area contributed by atoms with E-state index in [1.54, 1.807) is 12.1 Å². The van der Waals surface area contributed by atoms with E-state index in [-0.39, 0.29) is 11.8 Å². The summed E-state index contributed by atoms with van der Waals surface area (Å²) in [4.78, 5) is 12.0. The van der Waals surface area contributed by atoms with Gasteiger partial charge in [-0.25, -0.2) is 0 Å². The fourth-order valence-corrected chi connectivity index (χ4v) is 3.82. The molecule has 21 heavy (non-hydrogen) atoms. The number of rotatable bonds is 3. The van der Waals surface area contributed by atoms with Gasteiger partial charge < -0.3 is 5.32 Å². The largest absolute Gasteiger partial charge is 0.315 e. The Balaban J connectivity index is 1.84. The van der Waals surface area contributed by atoms with Crippen LogP contribution in [0.2, 0.25) is 10.0 Å². The van der Waals surface area contributed by atoms with E-state index in [1.807, 2.05) is 6.07 Å². The molecule has 1 aromatic heterocycles. The molecule has 0 bridgehead atoms. The molecule has 0 radical (unpaired) electrons. The highest BCUT2D eigenvalue weighted by atomic mass is 79.9. The maximum atomic E-state index is 12.0. The highest BCUT2D eigenvalue weighted by Gasteiger charge is 2.39. The highest BCUT2D eigenvalue weighted by Crippen LogP contribution is 2.42. The van der Waals surface area contributed by atoms with Crippen molar-refractivity contribution in [3.63, 3.8) is 0 Å². The van der Waals surface area contributed by atoms with Gasteiger partial charge in [-0.3, -0.25) is 4.79 Å². The van der Waals surface area contributed by atoms with E-state index in [0.29, 0.717) is 16.0 Å². The first-order valence-electron chi connectivity index (χ1n) is 6.39. The van der Waals surface area contributed by atoms with E-state index in [9.17, 15) is 4.79 Å². The molecule has 1 aromatic carbocycles. The van der Waals surface area contributed by atoms with Gasteiger partial charge in [0.1, 0.15) is 10.7 Å². The van der Waals surface area contributed by atoms with Gasteiger partial charge in [-0.2, -0.15) is 4.37 Å². The molecule has 1 amide bonds. The molecule has 0 saturated heterocycles. The van der Waals surface area contributed by atoms with Crippen molar-refractivity contribution in [1.29, 1.82) is 0 Å². The predicted octanol–water partition coefficient (Wildman–Crippen LogP) is 5.47. The standard InChI is InChI=1S/C14H11BrCl2N2OS/c1-6-4-8(6)13(20)18-14-11(15)12(19-21-14)7-2-3-9(16)10(17)5-7/h2-3,5-6,8H,4H2,1H3,(H,18,20). The Morgan fingerprint density at radius 2 is 2.14 bits per heavy atom. The van der Waals surface area contributed by atoms with Crippen molar-refractivity contribution in [3.8, 4) is 11.3 Å². The molecule has 1 aliphatic rings. The lowest BCUT2D eigenvalue weighted by atomic mass is 10.1. The molecule has 1 N–H and O–H groups in total. The molecule has 1 saturated carbocycles. The van der Waals surface area contributed by atoms with Crippen molar-refractivity contribution < 1.29 is 4.79 Å². The van der Waals surface area contributed by atoms with Crippen molar-refractivity contribution in [2.24, 2.45) is 11.8 Å². The third-order valence-corrected chi connectivity index (χ3v) is 6.05. The lowest BCUT2D eigenvalue weighted by molar-refractivity contribution is -0.117. The summed E-state index contributed by atoms with van der Waals surface area (Å²) in [5.74, 6) is 0.672. The monoisotopic (exact) mass is 404 g/mol. The Labute approximate surface area is 144 Å². The number of nitrogens with zero attached hydrogens (tertiary/aromatic N) is 1. The third-order valence-electron chi connectivity index (χ3n) is 3.51. The molecule has 1 fully saturated rings. The topological polar surface area (TPSA) is 42.0 Å². The first kappa shape index (κ1) is 15.3. The zero-order valence-corrected chi connectivity index (χ0v) is 14.9. The van der Waals surface area contributed by atoms with Gasteiger partial charge in [0.2, 0.25) is 5.91 Å². The summed E-state index contributed by atoms with van der Waals surface area (Å²) in [6.45, 7) is 2.08. The lowest BCUT2D eigenvalue weighted by Gasteiger charge is -2.03. The second kappa shape index (κ2) is 5.88. The van der Waals surface area contributed by atoms with Crippen molar-refractivity contribution in [2.45, 2.75) is 13.3 Å². The molecule has 2 aromatic rings. The number of carbonyl (C=O) groups is 1. The van der Waals surface area contributed by atoms with Gasteiger partial charge in [-0.05, 0) is 51.9 Å². The minimum Gasteiger partial charge on any atom is -0.315 e. The summed E-state index contributed by atoms with van der Waals surface area (Å²) in [6.07, 6.45) is 0.960. The molecule has 3 rings (SSSR count). The van der Waals surface area contributed by atoms with Gasteiger partial charge in [-0.1, -0.05) is 36.2 Å². The number of hydrogen-bond acceptors (Lipinski definition) is 3. The van der Waals surface area contributed by atoms with Crippen LogP contribution in [0, 0.1) is 11.8 Å². The molecular formula is C14H11BrCl2N2OS. The number of hydrogen-bond donors (Lipinski definition) is 1. The smallest absolute Gasteiger partial charge is 0.228 e. The van der Waals surface area contributed by atoms with E-state index in [1.165, 1.54) is 11.5 Å². The first-order chi connectivity index (χ1) is 9.97. The number of anilines is 1. The number of carbonyl (C=O) groups excluding carboxylic acids is 1. The van der Waals surface area contributed by atoms with Crippen LogP contribution in [0.15, 0.2) is 22.7 Å². The Bertz CT molecular complexity index is 719. The third kappa shape index (κ3) is 3.11. The van der Waals surface area contributed by atoms with E-state index in [2.05, 4.69) is 32.5 Å². The van der Waals surface area contributed by atoms with Crippen LogP contribution >= 0.6 is 50.7 Å². The van der Waals surface area contributed by atoms with Gasteiger partial charge >= 0.3 is 0 Å². The van der Waals surface area contributed by atoms with Crippen LogP contribution in [-0.4, -0.2) is 10.3 Å². The van der Waals surface area contributed by atoms with Gasteiger partial charge in [0.05, 0.1) is 14.5 Å². The van der Waals surface area contributed by atoms with Gasteiger partial charge in [0.25, 0.3) is 0 Å². The molecule has 0 spiro atoms. The second-order valence-corrected chi connectivity index (χ2v) is 7.49. The van der Waals surface area contributed by atoms with Crippen molar-refractivity contribution in [2.75, 3.05) is 5.32 Å². The normalized spacial score (nSPS) is 20.4. The Kier molecular flexibility index (Phi) is 4.28. The van der Waals surface area contributed by atoms with Crippen LogP contribution in [0.1, 0.15) is 13.3 Å². The van der Waals surface area contributed by atoms with Crippen molar-refractivity contribution in [1.82, 2.24) is 4.37 Å². The lowest BCUT2D eigenvalue weighted by Crippen LogP contribution is -2.13. The Morgan fingerprint density at radius 3 is 2.76 bits per heavy atom. The zero-order valence-electron chi connectivity index (χ0n) is 11.0. The molecule has 1 heterocycles. The quantitative estimate of drug-likeness (QED) is 0.734. The number of halogens is 3. The van der Waals surface area contributed by atoms with Crippen LogP contribution in [0.5, 0.6) is 0 Å². The molecule has 0 aliphatic heterocycles. The Morgan fingerprint density at radius 1 is 1.43 bits per heavy atom. The SMILES string of the molecule is CC1CC1C(=O)Nc1snc(-c2ccc(Cl)c(Cl)c2)c1Br. The van der Waals surface area contributed by atoms with Crippen LogP contribution in [0.25, 0.3) is 11.3 Å². The molecule has 1 aliphatic carbocycles. The molecule has 7 heteroatoms. The molecular weight excluding hydrogens is 395 g/mol. The van der Waals surface area contributed by atoms with E-state index >= 15 is 0 Å². The zero-order chi connectivity index (χ0) is 15.1. The molecule has 110 valence electrons. The van der Waals surface area contributed by atoms with Crippen molar-refractivity contribution >= 4 is 61.6 Å². The summed E-state index contributed by atoms with van der Waals surface area (Å²) < 4.78 is 5.16. The summed E-state index contributed by atoms with van der Waals surface area (Å²) >= 11 is 16.7. The average molecular weight is 406 g/mol. The summed E-state index contributed by atoms with van der Waals surface area (Å²) in [5, 5.41) is 4.63. The van der Waals surface area contributed by atoms with Crippen LogP contribution in [0.4, 0.5) is 5.00 Å². The van der Waals surface area contributed by atoms with Crippen molar-refractivity contribution in [3.05, 3.63) is 32.7 Å².